The maximum absolute atomic E-state index is 5.85. The quantitative estimate of drug-likeness (QED) is 0.861. The van der Waals surface area contributed by atoms with Gasteiger partial charge in [0.05, 0.1) is 0 Å². The van der Waals surface area contributed by atoms with Gasteiger partial charge in [0.1, 0.15) is 5.82 Å². The number of nitrogens with two attached hydrogens (primary N) is 1. The van der Waals surface area contributed by atoms with Crippen LogP contribution in [0.3, 0.4) is 0 Å². The standard InChI is InChI=1S/C15H20N6O/c1-3-5-12-10(2)18-15(16)19-14(12)21-7-4-6-11(8-21)13-17-9-22-20-13/h3,9,11H,1,4-8H2,2H3,(H2,16,18,19)/t11-/m1/s1. The Bertz CT molecular complexity index is 654. The van der Waals surface area contributed by atoms with E-state index in [1.807, 2.05) is 13.0 Å². The van der Waals surface area contributed by atoms with Crippen molar-refractivity contribution in [3.63, 3.8) is 0 Å². The molecule has 1 fully saturated rings. The van der Waals surface area contributed by atoms with Crippen molar-refractivity contribution in [3.8, 4) is 0 Å². The summed E-state index contributed by atoms with van der Waals surface area (Å²) in [4.78, 5) is 15.2. The van der Waals surface area contributed by atoms with Crippen LogP contribution in [0.4, 0.5) is 11.8 Å². The van der Waals surface area contributed by atoms with Crippen molar-refractivity contribution in [2.24, 2.45) is 0 Å². The molecule has 0 aliphatic carbocycles. The maximum atomic E-state index is 5.85. The number of aryl methyl sites for hydroxylation is 1. The Kier molecular flexibility index (Phi) is 4.04. The van der Waals surface area contributed by atoms with Gasteiger partial charge in [0.25, 0.3) is 0 Å². The van der Waals surface area contributed by atoms with Gasteiger partial charge in [0.2, 0.25) is 12.3 Å². The lowest BCUT2D eigenvalue weighted by Crippen LogP contribution is -2.36. The lowest BCUT2D eigenvalue weighted by molar-refractivity contribution is 0.394. The fourth-order valence-electron chi connectivity index (χ4n) is 2.99. The first-order valence-electron chi connectivity index (χ1n) is 7.44. The number of rotatable bonds is 4. The van der Waals surface area contributed by atoms with Crippen LogP contribution in [0.2, 0.25) is 0 Å². The van der Waals surface area contributed by atoms with Crippen LogP contribution < -0.4 is 10.6 Å². The average Bonchev–Trinajstić information content (AvgIpc) is 3.04. The van der Waals surface area contributed by atoms with E-state index in [0.717, 1.165) is 55.3 Å². The first kappa shape index (κ1) is 14.5. The lowest BCUT2D eigenvalue weighted by Gasteiger charge is -2.33. The third kappa shape index (κ3) is 2.79. The van der Waals surface area contributed by atoms with Crippen LogP contribution in [0.25, 0.3) is 0 Å². The SMILES string of the molecule is C=CCc1c(C)nc(N)nc1N1CCC[C@@H](c2ncon2)C1. The highest BCUT2D eigenvalue weighted by atomic mass is 16.5. The first-order valence-corrected chi connectivity index (χ1v) is 7.44. The monoisotopic (exact) mass is 300 g/mol. The summed E-state index contributed by atoms with van der Waals surface area (Å²) >= 11 is 0. The molecule has 0 radical (unpaired) electrons. The molecule has 1 aliphatic heterocycles. The molecule has 0 aromatic carbocycles. The van der Waals surface area contributed by atoms with Crippen molar-refractivity contribution < 1.29 is 4.52 Å². The number of anilines is 2. The van der Waals surface area contributed by atoms with Crippen LogP contribution in [-0.2, 0) is 6.42 Å². The third-order valence-electron chi connectivity index (χ3n) is 4.02. The number of piperidine rings is 1. The second-order valence-electron chi connectivity index (χ2n) is 5.54. The molecule has 2 aromatic rings. The van der Waals surface area contributed by atoms with Crippen LogP contribution in [0, 0.1) is 6.92 Å². The van der Waals surface area contributed by atoms with Gasteiger partial charge in [-0.2, -0.15) is 9.97 Å². The summed E-state index contributed by atoms with van der Waals surface area (Å²) < 4.78 is 4.87. The molecule has 3 heterocycles. The summed E-state index contributed by atoms with van der Waals surface area (Å²) in [5.74, 6) is 2.22. The van der Waals surface area contributed by atoms with Crippen LogP contribution in [0.15, 0.2) is 23.6 Å². The van der Waals surface area contributed by atoms with E-state index in [2.05, 4.69) is 31.6 Å². The van der Waals surface area contributed by atoms with Gasteiger partial charge in [0.15, 0.2) is 5.82 Å². The van der Waals surface area contributed by atoms with Gasteiger partial charge in [0, 0.05) is 30.3 Å². The molecule has 0 amide bonds. The Hall–Kier alpha value is -2.44. The summed E-state index contributed by atoms with van der Waals surface area (Å²) in [7, 11) is 0. The van der Waals surface area contributed by atoms with E-state index in [1.165, 1.54) is 6.39 Å². The summed E-state index contributed by atoms with van der Waals surface area (Å²) in [6.45, 7) is 7.53. The van der Waals surface area contributed by atoms with E-state index < -0.39 is 0 Å². The van der Waals surface area contributed by atoms with Crippen LogP contribution in [0.5, 0.6) is 0 Å². The number of nitrogen functional groups attached to an aromatic ring is 1. The Morgan fingerprint density at radius 3 is 3.09 bits per heavy atom. The highest BCUT2D eigenvalue weighted by Gasteiger charge is 2.27. The van der Waals surface area contributed by atoms with Crippen LogP contribution >= 0.6 is 0 Å². The molecule has 7 heteroatoms. The fraction of sp³-hybridized carbons (Fsp3) is 0.467. The zero-order valence-electron chi connectivity index (χ0n) is 12.7. The van der Waals surface area contributed by atoms with Gasteiger partial charge in [-0.3, -0.25) is 0 Å². The molecule has 0 unspecified atom stereocenters. The number of allylic oxidation sites excluding steroid dienone is 1. The molecule has 2 aromatic heterocycles. The summed E-state index contributed by atoms with van der Waals surface area (Å²) in [5, 5.41) is 3.98. The second-order valence-corrected chi connectivity index (χ2v) is 5.54. The highest BCUT2D eigenvalue weighted by Crippen LogP contribution is 2.30. The van der Waals surface area contributed by atoms with Crippen LogP contribution in [0.1, 0.15) is 35.8 Å². The van der Waals surface area contributed by atoms with Gasteiger partial charge in [-0.1, -0.05) is 11.2 Å². The predicted octanol–water partition coefficient (Wildman–Crippen LogP) is 1.86. The Balaban J connectivity index is 1.91. The van der Waals surface area contributed by atoms with Gasteiger partial charge in [-0.05, 0) is 26.2 Å². The topological polar surface area (TPSA) is 94.0 Å². The summed E-state index contributed by atoms with van der Waals surface area (Å²) in [6, 6.07) is 0. The van der Waals surface area contributed by atoms with Crippen molar-refractivity contribution in [2.75, 3.05) is 23.7 Å². The molecule has 0 spiro atoms. The van der Waals surface area contributed by atoms with Gasteiger partial charge < -0.3 is 15.2 Å². The van der Waals surface area contributed by atoms with Crippen molar-refractivity contribution in [1.82, 2.24) is 20.1 Å². The molecule has 1 aliphatic rings. The zero-order valence-corrected chi connectivity index (χ0v) is 12.7. The minimum Gasteiger partial charge on any atom is -0.368 e. The minimum absolute atomic E-state index is 0.251. The van der Waals surface area contributed by atoms with Gasteiger partial charge in [-0.15, -0.1) is 6.58 Å². The molecular weight excluding hydrogens is 280 g/mol. The molecule has 0 bridgehead atoms. The van der Waals surface area contributed by atoms with E-state index in [-0.39, 0.29) is 5.92 Å². The van der Waals surface area contributed by atoms with Crippen LogP contribution in [-0.4, -0.2) is 33.2 Å². The normalized spacial score (nSPS) is 18.4. The Labute approximate surface area is 129 Å². The number of aromatic nitrogens is 4. The second kappa shape index (κ2) is 6.13. The Morgan fingerprint density at radius 1 is 1.50 bits per heavy atom. The van der Waals surface area contributed by atoms with Gasteiger partial charge >= 0.3 is 0 Å². The van der Waals surface area contributed by atoms with Crippen molar-refractivity contribution in [3.05, 3.63) is 36.1 Å². The molecule has 1 saturated heterocycles. The largest absolute Gasteiger partial charge is 0.368 e. The average molecular weight is 300 g/mol. The molecule has 116 valence electrons. The predicted molar refractivity (Wildman–Crippen MR) is 83.6 cm³/mol. The van der Waals surface area contributed by atoms with Crippen molar-refractivity contribution >= 4 is 11.8 Å². The molecule has 22 heavy (non-hydrogen) atoms. The van der Waals surface area contributed by atoms with E-state index in [0.29, 0.717) is 5.95 Å². The summed E-state index contributed by atoms with van der Waals surface area (Å²) in [6.07, 6.45) is 6.07. The Morgan fingerprint density at radius 2 is 2.36 bits per heavy atom. The van der Waals surface area contributed by atoms with E-state index in [1.54, 1.807) is 0 Å². The van der Waals surface area contributed by atoms with Crippen molar-refractivity contribution in [2.45, 2.75) is 32.1 Å². The molecule has 2 N–H and O–H groups in total. The number of hydrogen-bond donors (Lipinski definition) is 1. The molecule has 0 saturated carbocycles. The molecule has 1 atom stereocenters. The van der Waals surface area contributed by atoms with Gasteiger partial charge in [-0.25, -0.2) is 4.98 Å². The number of nitrogens with zero attached hydrogens (tertiary/aromatic N) is 5. The minimum atomic E-state index is 0.251. The third-order valence-corrected chi connectivity index (χ3v) is 4.02. The smallest absolute Gasteiger partial charge is 0.222 e. The van der Waals surface area contributed by atoms with E-state index in [9.17, 15) is 0 Å². The number of hydrogen-bond acceptors (Lipinski definition) is 7. The summed E-state index contributed by atoms with van der Waals surface area (Å²) in [5.41, 5.74) is 7.83. The maximum Gasteiger partial charge on any atom is 0.222 e. The van der Waals surface area contributed by atoms with E-state index >= 15 is 0 Å². The van der Waals surface area contributed by atoms with Crippen molar-refractivity contribution in [1.29, 1.82) is 0 Å². The molecule has 7 nitrogen and oxygen atoms in total. The molecule has 3 rings (SSSR count). The fourth-order valence-corrected chi connectivity index (χ4v) is 2.99. The molecular formula is C15H20N6O. The zero-order chi connectivity index (χ0) is 15.5. The highest BCUT2D eigenvalue weighted by molar-refractivity contribution is 5.53. The lowest BCUT2D eigenvalue weighted by atomic mass is 9.96. The van der Waals surface area contributed by atoms with E-state index in [4.69, 9.17) is 10.3 Å². The first-order chi connectivity index (χ1) is 10.7.